The number of para-hydroxylation sites is 2. The summed E-state index contributed by atoms with van der Waals surface area (Å²) in [7, 11) is 0. The molecule has 1 aliphatic heterocycles. The van der Waals surface area contributed by atoms with Crippen molar-refractivity contribution in [3.63, 3.8) is 0 Å². The van der Waals surface area contributed by atoms with E-state index in [1.54, 1.807) is 0 Å². The van der Waals surface area contributed by atoms with E-state index >= 15 is 0 Å². The van der Waals surface area contributed by atoms with E-state index < -0.39 is 0 Å². The molecule has 3 aliphatic rings. The van der Waals surface area contributed by atoms with Gasteiger partial charge < -0.3 is 19.0 Å². The molecule has 0 saturated carbocycles. The minimum atomic E-state index is 0.0698. The van der Waals surface area contributed by atoms with Crippen molar-refractivity contribution < 1.29 is 9.15 Å². The Hall–Kier alpha value is -7.56. The first kappa shape index (κ1) is 32.7. The number of fused-ring (bicyclic) bond motifs is 11. The number of allylic oxidation sites excluding steroid dienone is 5. The Labute approximate surface area is 336 Å². The number of hydrogen-bond donors (Lipinski definition) is 0. The molecular formula is C54H36N2O2. The van der Waals surface area contributed by atoms with E-state index in [2.05, 4.69) is 216 Å². The highest BCUT2D eigenvalue weighted by molar-refractivity contribution is 6.03. The predicted octanol–water partition coefficient (Wildman–Crippen LogP) is 14.8. The zero-order chi connectivity index (χ0) is 38.2. The van der Waals surface area contributed by atoms with Crippen molar-refractivity contribution in [3.05, 3.63) is 223 Å². The molecular weight excluding hydrogens is 709 g/mol. The van der Waals surface area contributed by atoms with E-state index in [9.17, 15) is 0 Å². The van der Waals surface area contributed by atoms with Crippen LogP contribution in [0.2, 0.25) is 0 Å². The van der Waals surface area contributed by atoms with Gasteiger partial charge in [-0.3, -0.25) is 0 Å². The third-order valence-corrected chi connectivity index (χ3v) is 12.0. The lowest BCUT2D eigenvalue weighted by atomic mass is 9.73. The minimum absolute atomic E-state index is 0.0698. The van der Waals surface area contributed by atoms with Crippen LogP contribution < -0.4 is 14.5 Å². The van der Waals surface area contributed by atoms with Gasteiger partial charge in [-0.15, -0.1) is 0 Å². The normalized spacial score (nSPS) is 16.2. The average Bonchev–Trinajstić information content (AvgIpc) is 3.86. The van der Waals surface area contributed by atoms with Crippen molar-refractivity contribution >= 4 is 78.3 Å². The molecule has 9 aromatic rings. The maximum absolute atomic E-state index is 6.75. The Bertz CT molecular complexity index is 3160. The van der Waals surface area contributed by atoms with Crippen LogP contribution in [0.15, 0.2) is 210 Å². The van der Waals surface area contributed by atoms with Crippen LogP contribution in [-0.2, 0) is 0 Å². The van der Waals surface area contributed by atoms with Gasteiger partial charge in [-0.2, -0.15) is 0 Å². The maximum Gasteiger partial charge on any atom is 0.137 e. The number of furan rings is 1. The fourth-order valence-corrected chi connectivity index (χ4v) is 9.45. The lowest BCUT2D eigenvalue weighted by molar-refractivity contribution is 0.414. The zero-order valence-corrected chi connectivity index (χ0v) is 31.5. The predicted molar refractivity (Wildman–Crippen MR) is 239 cm³/mol. The van der Waals surface area contributed by atoms with Crippen LogP contribution >= 0.6 is 0 Å². The summed E-state index contributed by atoms with van der Waals surface area (Å²) in [6, 6.07) is 64.7. The molecule has 2 aliphatic carbocycles. The van der Waals surface area contributed by atoms with Gasteiger partial charge in [0.2, 0.25) is 0 Å². The molecule has 0 fully saturated rings. The van der Waals surface area contributed by atoms with E-state index in [-0.39, 0.29) is 11.8 Å². The van der Waals surface area contributed by atoms with Gasteiger partial charge in [0.15, 0.2) is 0 Å². The smallest absolute Gasteiger partial charge is 0.137 e. The van der Waals surface area contributed by atoms with Crippen LogP contribution in [0, 0.1) is 5.92 Å². The van der Waals surface area contributed by atoms with Gasteiger partial charge >= 0.3 is 0 Å². The summed E-state index contributed by atoms with van der Waals surface area (Å²) >= 11 is 0. The molecule has 0 bridgehead atoms. The second kappa shape index (κ2) is 13.0. The van der Waals surface area contributed by atoms with Crippen LogP contribution in [-0.4, -0.2) is 0 Å². The third kappa shape index (κ3) is 5.08. The topological polar surface area (TPSA) is 28.9 Å². The highest BCUT2D eigenvalue weighted by atomic mass is 16.5. The Balaban J connectivity index is 0.918. The molecule has 8 aromatic carbocycles. The Morgan fingerprint density at radius 1 is 0.466 bits per heavy atom. The third-order valence-electron chi connectivity index (χ3n) is 12.0. The van der Waals surface area contributed by atoms with Gasteiger partial charge in [0, 0.05) is 68.1 Å². The van der Waals surface area contributed by atoms with Crippen LogP contribution in [0.3, 0.4) is 0 Å². The summed E-state index contributed by atoms with van der Waals surface area (Å²) in [6.45, 7) is 0. The van der Waals surface area contributed by atoms with Crippen molar-refractivity contribution in [3.8, 4) is 5.75 Å². The highest BCUT2D eigenvalue weighted by Gasteiger charge is 2.41. The highest BCUT2D eigenvalue weighted by Crippen LogP contribution is 2.56. The quantitative estimate of drug-likeness (QED) is 0.170. The van der Waals surface area contributed by atoms with E-state index in [1.165, 1.54) is 32.7 Å². The molecule has 2 unspecified atom stereocenters. The van der Waals surface area contributed by atoms with Crippen molar-refractivity contribution in [1.29, 1.82) is 0 Å². The zero-order valence-electron chi connectivity index (χ0n) is 31.5. The van der Waals surface area contributed by atoms with Gasteiger partial charge in [0.25, 0.3) is 0 Å². The molecule has 4 nitrogen and oxygen atoms in total. The number of ether oxygens (including phenoxy) is 1. The van der Waals surface area contributed by atoms with Crippen LogP contribution in [0.1, 0.15) is 22.8 Å². The molecule has 12 rings (SSSR count). The summed E-state index contributed by atoms with van der Waals surface area (Å²) < 4.78 is 13.5. The Morgan fingerprint density at radius 2 is 1.05 bits per heavy atom. The molecule has 0 N–H and O–H groups in total. The van der Waals surface area contributed by atoms with E-state index in [1.807, 2.05) is 0 Å². The van der Waals surface area contributed by atoms with Crippen molar-refractivity contribution in [1.82, 2.24) is 0 Å². The Morgan fingerprint density at radius 3 is 1.72 bits per heavy atom. The lowest BCUT2D eigenvalue weighted by Crippen LogP contribution is -2.18. The second-order valence-corrected chi connectivity index (χ2v) is 15.2. The lowest BCUT2D eigenvalue weighted by Gasteiger charge is -2.29. The number of nitrogens with zero attached hydrogens (tertiary/aromatic N) is 2. The first-order valence-corrected chi connectivity index (χ1v) is 19.9. The second-order valence-electron chi connectivity index (χ2n) is 15.2. The summed E-state index contributed by atoms with van der Waals surface area (Å²) in [5.41, 5.74) is 11.0. The average molecular weight is 745 g/mol. The summed E-state index contributed by atoms with van der Waals surface area (Å²) in [5.74, 6) is 2.96. The number of hydrogen-bond acceptors (Lipinski definition) is 4. The molecule has 58 heavy (non-hydrogen) atoms. The molecule has 0 saturated heterocycles. The van der Waals surface area contributed by atoms with Crippen molar-refractivity contribution in [2.45, 2.75) is 5.92 Å². The SMILES string of the molecule is C1=CC2C(=CC=C3Oc4cc(N(c5ccccc5)c5cccc6ccccc56)ccc4C32)c2c1oc1cc(N(c3ccccc3)c3cccc4ccccc34)ccc21. The number of rotatable bonds is 6. The first-order valence-electron chi connectivity index (χ1n) is 19.9. The maximum atomic E-state index is 6.75. The van der Waals surface area contributed by atoms with Gasteiger partial charge in [-0.25, -0.2) is 0 Å². The Kier molecular flexibility index (Phi) is 7.32. The standard InChI is InChI=1S/C54H36N2O2/c1-3-17-37(18-4-1)55(47-23-11-15-35-13-7-9-21-41(35)47)39-25-27-45-51(33-39)57-49-31-29-44-43(53(45)49)30-32-50-54(44)46-28-26-40(34-52(46)58-50)56(38-19-5-2-6-20-38)48-24-12-16-36-14-8-10-22-42(36)48/h1-34,43,53H. The first-order chi connectivity index (χ1) is 28.8. The van der Waals surface area contributed by atoms with Crippen LogP contribution in [0.25, 0.3) is 44.2 Å². The van der Waals surface area contributed by atoms with Gasteiger partial charge in [0.1, 0.15) is 22.9 Å². The van der Waals surface area contributed by atoms with E-state index in [0.29, 0.717) is 0 Å². The van der Waals surface area contributed by atoms with Crippen molar-refractivity contribution in [2.24, 2.45) is 5.92 Å². The molecule has 2 heterocycles. The van der Waals surface area contributed by atoms with E-state index in [0.717, 1.165) is 67.9 Å². The summed E-state index contributed by atoms with van der Waals surface area (Å²) in [5, 5.41) is 5.92. The van der Waals surface area contributed by atoms with Gasteiger partial charge in [-0.1, -0.05) is 127 Å². The summed E-state index contributed by atoms with van der Waals surface area (Å²) in [4.78, 5) is 4.67. The monoisotopic (exact) mass is 744 g/mol. The summed E-state index contributed by atoms with van der Waals surface area (Å²) in [6.07, 6.45) is 8.89. The molecule has 0 amide bonds. The van der Waals surface area contributed by atoms with Crippen molar-refractivity contribution in [2.75, 3.05) is 9.80 Å². The van der Waals surface area contributed by atoms with Crippen LogP contribution in [0.5, 0.6) is 5.75 Å². The largest absolute Gasteiger partial charge is 0.461 e. The number of benzene rings is 8. The molecule has 0 radical (unpaired) electrons. The van der Waals surface area contributed by atoms with Gasteiger partial charge in [0.05, 0.1) is 17.3 Å². The molecule has 0 spiro atoms. The van der Waals surface area contributed by atoms with Gasteiger partial charge in [-0.05, 0) is 83.1 Å². The van der Waals surface area contributed by atoms with E-state index in [4.69, 9.17) is 9.15 Å². The minimum Gasteiger partial charge on any atom is -0.461 e. The molecule has 4 heteroatoms. The fraction of sp³-hybridized carbons (Fsp3) is 0.0370. The molecule has 1 aromatic heterocycles. The fourth-order valence-electron chi connectivity index (χ4n) is 9.45. The van der Waals surface area contributed by atoms with Crippen LogP contribution in [0.4, 0.5) is 34.1 Å². The molecule has 2 atom stereocenters. The number of anilines is 6. The molecule has 274 valence electrons.